The number of amides is 1. The van der Waals surface area contributed by atoms with Gasteiger partial charge in [0.25, 0.3) is 0 Å². The predicted octanol–water partition coefficient (Wildman–Crippen LogP) is -0.641. The number of ether oxygens (including phenoxy) is 6. The Kier molecular flexibility index (Phi) is 26.0. The maximum Gasteiger partial charge on any atom is 0.220 e. The van der Waals surface area contributed by atoms with Gasteiger partial charge in [0.05, 0.1) is 38.6 Å². The lowest BCUT2D eigenvalue weighted by molar-refractivity contribution is -0.379. The SMILES string of the molecule is CCCCCCCCCCCCCCCC(O)C(COC1OC(CO)C(OC2OC(CO)C(OC3OC(CO)C(O)C(O)C3O)C(O)C2O)C(O)C1O)NC(=O)CCCCC. The third-order valence-electron chi connectivity index (χ3n) is 11.9. The van der Waals surface area contributed by atoms with Gasteiger partial charge < -0.3 is 89.9 Å². The van der Waals surface area contributed by atoms with E-state index in [1.807, 2.05) is 6.92 Å². The molecule has 3 aliphatic rings. The molecule has 19 nitrogen and oxygen atoms in total. The summed E-state index contributed by atoms with van der Waals surface area (Å²) in [7, 11) is 0. The Bertz CT molecular complexity index is 1160. The van der Waals surface area contributed by atoms with Gasteiger partial charge in [-0.25, -0.2) is 0 Å². The minimum Gasteiger partial charge on any atom is -0.394 e. The second-order valence-electron chi connectivity index (χ2n) is 16.9. The highest BCUT2D eigenvalue weighted by molar-refractivity contribution is 5.76. The van der Waals surface area contributed by atoms with Crippen LogP contribution in [-0.4, -0.2) is 193 Å². The van der Waals surface area contributed by atoms with Crippen LogP contribution >= 0.6 is 0 Å². The molecule has 3 rings (SSSR count). The number of nitrogens with one attached hydrogen (secondary N) is 1. The fourth-order valence-corrected chi connectivity index (χ4v) is 8.02. The molecule has 0 radical (unpaired) electrons. The molecule has 19 heteroatoms. The Hall–Kier alpha value is -1.21. The zero-order valence-corrected chi connectivity index (χ0v) is 36.1. The number of hydrogen-bond donors (Lipinski definition) is 12. The number of unbranched alkanes of at least 4 members (excludes halogenated alkanes) is 14. The molecule has 3 saturated heterocycles. The number of carbonyl (C=O) groups excluding carboxylic acids is 1. The van der Waals surface area contributed by atoms with Gasteiger partial charge in [-0.2, -0.15) is 0 Å². The summed E-state index contributed by atoms with van der Waals surface area (Å²) in [6, 6.07) is -0.873. The minimum atomic E-state index is -1.96. The van der Waals surface area contributed by atoms with Crippen LogP contribution in [0.5, 0.6) is 0 Å². The third kappa shape index (κ3) is 16.9. The Morgan fingerprint density at radius 1 is 0.525 bits per heavy atom. The summed E-state index contributed by atoms with van der Waals surface area (Å²) in [5, 5.41) is 119. The number of rotatable bonds is 30. The van der Waals surface area contributed by atoms with Crippen molar-refractivity contribution in [1.82, 2.24) is 5.32 Å². The molecule has 3 heterocycles. The summed E-state index contributed by atoms with van der Waals surface area (Å²) in [5.74, 6) is -0.270. The maximum absolute atomic E-state index is 12.8. The lowest BCUT2D eigenvalue weighted by Gasteiger charge is -2.48. The van der Waals surface area contributed by atoms with Gasteiger partial charge in [-0.05, 0) is 12.8 Å². The van der Waals surface area contributed by atoms with Crippen molar-refractivity contribution in [1.29, 1.82) is 0 Å². The van der Waals surface area contributed by atoms with E-state index in [0.717, 1.165) is 38.5 Å². The molecule has 12 N–H and O–H groups in total. The molecular weight excluding hydrogens is 806 g/mol. The summed E-state index contributed by atoms with van der Waals surface area (Å²) in [6.07, 6.45) is -8.04. The molecule has 0 aromatic carbocycles. The smallest absolute Gasteiger partial charge is 0.220 e. The second-order valence-corrected chi connectivity index (χ2v) is 16.9. The molecule has 3 fully saturated rings. The van der Waals surface area contributed by atoms with Crippen LogP contribution in [0.1, 0.15) is 129 Å². The fraction of sp³-hybridized carbons (Fsp3) is 0.976. The van der Waals surface area contributed by atoms with Crippen molar-refractivity contribution in [2.45, 2.75) is 234 Å². The average molecular weight is 886 g/mol. The molecule has 17 atom stereocenters. The van der Waals surface area contributed by atoms with E-state index in [4.69, 9.17) is 28.4 Å². The molecule has 3 aliphatic heterocycles. The molecule has 0 aromatic rings. The maximum atomic E-state index is 12.8. The molecule has 0 spiro atoms. The van der Waals surface area contributed by atoms with Crippen LogP contribution in [0, 0.1) is 0 Å². The Morgan fingerprint density at radius 3 is 1.43 bits per heavy atom. The first-order chi connectivity index (χ1) is 29.3. The van der Waals surface area contributed by atoms with Crippen LogP contribution < -0.4 is 5.32 Å². The summed E-state index contributed by atoms with van der Waals surface area (Å²) in [5.41, 5.74) is 0. The highest BCUT2D eigenvalue weighted by Crippen LogP contribution is 2.33. The standard InChI is InChI=1S/C42H79NO18/c1-3-5-7-8-9-10-11-12-13-14-15-16-18-19-26(47)25(43-30(48)20-17-6-4-2)24-56-40-36(54)33(51)38(28(22-45)58-40)61-42-37(55)34(52)39(29(23-46)59-42)60-41-35(53)32(50)31(49)27(21-44)57-41/h25-29,31-42,44-47,49-55H,3-24H2,1-2H3,(H,43,48). The first-order valence-corrected chi connectivity index (χ1v) is 22.8. The van der Waals surface area contributed by atoms with Gasteiger partial charge in [0.2, 0.25) is 5.91 Å². The normalized spacial score (nSPS) is 35.5. The van der Waals surface area contributed by atoms with Crippen molar-refractivity contribution in [3.63, 3.8) is 0 Å². The van der Waals surface area contributed by atoms with E-state index in [2.05, 4.69) is 12.2 Å². The van der Waals surface area contributed by atoms with Gasteiger partial charge in [-0.3, -0.25) is 4.79 Å². The third-order valence-corrected chi connectivity index (χ3v) is 11.9. The van der Waals surface area contributed by atoms with Gasteiger partial charge in [0, 0.05) is 6.42 Å². The van der Waals surface area contributed by atoms with E-state index >= 15 is 0 Å². The largest absolute Gasteiger partial charge is 0.394 e. The summed E-state index contributed by atoms with van der Waals surface area (Å²) < 4.78 is 33.9. The minimum absolute atomic E-state index is 0.254. The van der Waals surface area contributed by atoms with Crippen LogP contribution in [0.15, 0.2) is 0 Å². The molecule has 360 valence electrons. The number of hydrogen-bond acceptors (Lipinski definition) is 18. The lowest BCUT2D eigenvalue weighted by Crippen LogP contribution is -2.66. The Labute approximate surface area is 360 Å². The van der Waals surface area contributed by atoms with Crippen molar-refractivity contribution < 1.29 is 89.4 Å². The van der Waals surface area contributed by atoms with Crippen molar-refractivity contribution in [3.8, 4) is 0 Å². The highest BCUT2D eigenvalue weighted by atomic mass is 16.8. The van der Waals surface area contributed by atoms with Gasteiger partial charge in [-0.1, -0.05) is 110 Å². The first-order valence-electron chi connectivity index (χ1n) is 22.8. The zero-order valence-electron chi connectivity index (χ0n) is 36.1. The molecule has 0 saturated carbocycles. The first kappa shape index (κ1) is 54.1. The van der Waals surface area contributed by atoms with Gasteiger partial charge in [0.1, 0.15) is 73.2 Å². The summed E-state index contributed by atoms with van der Waals surface area (Å²) in [4.78, 5) is 12.8. The lowest BCUT2D eigenvalue weighted by atomic mass is 9.96. The van der Waals surface area contributed by atoms with E-state index in [1.165, 1.54) is 57.8 Å². The topological polar surface area (TPSA) is 307 Å². The second kappa shape index (κ2) is 29.4. The van der Waals surface area contributed by atoms with Gasteiger partial charge in [0.15, 0.2) is 18.9 Å². The van der Waals surface area contributed by atoms with Gasteiger partial charge >= 0.3 is 0 Å². The fourth-order valence-electron chi connectivity index (χ4n) is 8.02. The van der Waals surface area contributed by atoms with Crippen LogP contribution in [-0.2, 0) is 33.2 Å². The molecule has 17 unspecified atom stereocenters. The van der Waals surface area contributed by atoms with E-state index < -0.39 is 124 Å². The summed E-state index contributed by atoms with van der Waals surface area (Å²) in [6.45, 7) is 1.55. The van der Waals surface area contributed by atoms with E-state index in [0.29, 0.717) is 12.8 Å². The zero-order chi connectivity index (χ0) is 44.9. The van der Waals surface area contributed by atoms with Crippen molar-refractivity contribution in [3.05, 3.63) is 0 Å². The van der Waals surface area contributed by atoms with E-state index in [-0.39, 0.29) is 18.9 Å². The average Bonchev–Trinajstić information content (AvgIpc) is 3.25. The monoisotopic (exact) mass is 886 g/mol. The highest BCUT2D eigenvalue weighted by Gasteiger charge is 2.53. The van der Waals surface area contributed by atoms with E-state index in [1.54, 1.807) is 0 Å². The van der Waals surface area contributed by atoms with Crippen LogP contribution in [0.3, 0.4) is 0 Å². The quantitative estimate of drug-likeness (QED) is 0.0399. The Morgan fingerprint density at radius 2 is 0.934 bits per heavy atom. The Balaban J connectivity index is 1.54. The molecule has 0 aliphatic carbocycles. The number of carbonyl (C=O) groups is 1. The van der Waals surface area contributed by atoms with Crippen LogP contribution in [0.4, 0.5) is 0 Å². The number of aliphatic hydroxyl groups excluding tert-OH is 11. The van der Waals surface area contributed by atoms with Crippen molar-refractivity contribution in [2.24, 2.45) is 0 Å². The predicted molar refractivity (Wildman–Crippen MR) is 217 cm³/mol. The molecule has 0 aromatic heterocycles. The van der Waals surface area contributed by atoms with Crippen LogP contribution in [0.2, 0.25) is 0 Å². The van der Waals surface area contributed by atoms with E-state index in [9.17, 15) is 61.0 Å². The molecule has 1 amide bonds. The van der Waals surface area contributed by atoms with Crippen molar-refractivity contribution in [2.75, 3.05) is 26.4 Å². The molecule has 61 heavy (non-hydrogen) atoms. The van der Waals surface area contributed by atoms with Crippen molar-refractivity contribution >= 4 is 5.91 Å². The van der Waals surface area contributed by atoms with Gasteiger partial charge in [-0.15, -0.1) is 0 Å². The molecular formula is C42H79NO18. The number of aliphatic hydroxyl groups is 11. The molecule has 0 bridgehead atoms. The summed E-state index contributed by atoms with van der Waals surface area (Å²) >= 11 is 0. The van der Waals surface area contributed by atoms with Crippen LogP contribution in [0.25, 0.3) is 0 Å².